The molecule has 0 bridgehead atoms. The third kappa shape index (κ3) is 57.2. The number of carbonyl (C=O) groups excluding carboxylic acids is 2. The lowest BCUT2D eigenvalue weighted by Gasteiger charge is -2.22. The van der Waals surface area contributed by atoms with E-state index >= 15 is 0 Å². The molecule has 0 aromatic rings. The summed E-state index contributed by atoms with van der Waals surface area (Å²) >= 11 is 0. The van der Waals surface area contributed by atoms with Crippen LogP contribution in [0.2, 0.25) is 0 Å². The number of rotatable bonds is 59. The largest absolute Gasteiger partial charge is 0.466 e. The van der Waals surface area contributed by atoms with Gasteiger partial charge >= 0.3 is 5.97 Å². The van der Waals surface area contributed by atoms with E-state index in [0.717, 1.165) is 64.2 Å². The van der Waals surface area contributed by atoms with E-state index in [-0.39, 0.29) is 18.5 Å². The number of aliphatic hydroxyl groups is 2. The van der Waals surface area contributed by atoms with Crippen LogP contribution < -0.4 is 5.32 Å². The summed E-state index contributed by atoms with van der Waals surface area (Å²) < 4.78 is 5.49. The second-order valence-corrected chi connectivity index (χ2v) is 21.7. The molecule has 0 saturated carbocycles. The fourth-order valence-corrected chi connectivity index (χ4v) is 9.78. The van der Waals surface area contributed by atoms with Crippen molar-refractivity contribution in [1.29, 1.82) is 0 Å². The van der Waals surface area contributed by atoms with Gasteiger partial charge in [-0.3, -0.25) is 9.59 Å². The van der Waals surface area contributed by atoms with Crippen molar-refractivity contribution in [2.24, 2.45) is 0 Å². The van der Waals surface area contributed by atoms with Crippen molar-refractivity contribution in [2.75, 3.05) is 13.2 Å². The number of amides is 1. The Kier molecular flexibility index (Phi) is 59.0. The van der Waals surface area contributed by atoms with Gasteiger partial charge in [0.15, 0.2) is 0 Å². The third-order valence-electron chi connectivity index (χ3n) is 14.7. The molecule has 0 radical (unpaired) electrons. The normalized spacial score (nSPS) is 12.8. The average molecular weight is 999 g/mol. The Bertz CT molecular complexity index is 1150. The number of esters is 1. The first kappa shape index (κ1) is 69.1. The van der Waals surface area contributed by atoms with E-state index in [0.29, 0.717) is 25.9 Å². The van der Waals surface area contributed by atoms with Gasteiger partial charge < -0.3 is 20.3 Å². The summed E-state index contributed by atoms with van der Waals surface area (Å²) in [6.07, 6.45) is 75.8. The molecule has 71 heavy (non-hydrogen) atoms. The van der Waals surface area contributed by atoms with Crippen molar-refractivity contribution >= 4 is 11.9 Å². The standard InChI is InChI=1S/C65H123NO5/c1-3-5-7-9-11-13-15-17-19-21-22-27-31-35-39-43-47-51-55-59-65(70)71-60-56-52-48-44-40-36-32-28-24-23-26-30-34-38-42-46-50-54-58-64(69)66-62(61-67)63(68)57-53-49-45-41-37-33-29-25-20-18-16-14-12-10-8-6-4-2/h11,13,17,19,26,30,62-63,67-68H,3-10,12,14-16,18,20-25,27-29,31-61H2,1-2H3,(H,66,69)/b13-11-,19-17-,30-26-. The molecule has 0 fully saturated rings. The summed E-state index contributed by atoms with van der Waals surface area (Å²) in [4.78, 5) is 24.6. The summed E-state index contributed by atoms with van der Waals surface area (Å²) in [5, 5.41) is 23.3. The number of ether oxygens (including phenoxy) is 1. The van der Waals surface area contributed by atoms with Gasteiger partial charge in [0.25, 0.3) is 0 Å². The number of allylic oxidation sites excluding steroid dienone is 6. The molecule has 0 saturated heterocycles. The number of hydrogen-bond donors (Lipinski definition) is 3. The Labute approximate surface area is 443 Å². The molecule has 6 nitrogen and oxygen atoms in total. The monoisotopic (exact) mass is 998 g/mol. The molecular weight excluding hydrogens is 875 g/mol. The van der Waals surface area contributed by atoms with E-state index in [2.05, 4.69) is 55.6 Å². The zero-order chi connectivity index (χ0) is 51.4. The highest BCUT2D eigenvalue weighted by Gasteiger charge is 2.20. The summed E-state index contributed by atoms with van der Waals surface area (Å²) in [6.45, 7) is 4.93. The maximum absolute atomic E-state index is 12.5. The maximum atomic E-state index is 12.5. The van der Waals surface area contributed by atoms with Crippen LogP contribution in [0.1, 0.15) is 341 Å². The van der Waals surface area contributed by atoms with Crippen LogP contribution in [0, 0.1) is 0 Å². The lowest BCUT2D eigenvalue weighted by atomic mass is 10.0. The summed E-state index contributed by atoms with van der Waals surface area (Å²) in [7, 11) is 0. The van der Waals surface area contributed by atoms with Crippen molar-refractivity contribution in [2.45, 2.75) is 353 Å². The first-order valence-corrected chi connectivity index (χ1v) is 31.7. The fraction of sp³-hybridized carbons (Fsp3) is 0.877. The van der Waals surface area contributed by atoms with Crippen molar-refractivity contribution in [1.82, 2.24) is 5.32 Å². The second-order valence-electron chi connectivity index (χ2n) is 21.7. The van der Waals surface area contributed by atoms with Gasteiger partial charge in [-0.2, -0.15) is 0 Å². The summed E-state index contributed by atoms with van der Waals surface area (Å²) in [5.41, 5.74) is 0. The van der Waals surface area contributed by atoms with Gasteiger partial charge in [-0.1, -0.05) is 281 Å². The van der Waals surface area contributed by atoms with Crippen molar-refractivity contribution < 1.29 is 24.5 Å². The Morgan fingerprint density at radius 3 is 1.11 bits per heavy atom. The van der Waals surface area contributed by atoms with Crippen LogP contribution in [0.25, 0.3) is 0 Å². The molecule has 0 aromatic carbocycles. The zero-order valence-electron chi connectivity index (χ0n) is 47.7. The first-order chi connectivity index (χ1) is 35.0. The van der Waals surface area contributed by atoms with E-state index in [9.17, 15) is 19.8 Å². The Hall–Kier alpha value is -1.92. The van der Waals surface area contributed by atoms with Crippen molar-refractivity contribution in [3.8, 4) is 0 Å². The maximum Gasteiger partial charge on any atom is 0.305 e. The summed E-state index contributed by atoms with van der Waals surface area (Å²) in [5.74, 6) is -0.0478. The predicted molar refractivity (Wildman–Crippen MR) is 310 cm³/mol. The summed E-state index contributed by atoms with van der Waals surface area (Å²) in [6, 6.07) is -0.552. The average Bonchev–Trinajstić information content (AvgIpc) is 3.37. The van der Waals surface area contributed by atoms with E-state index in [1.807, 2.05) is 0 Å². The molecule has 0 heterocycles. The van der Waals surface area contributed by atoms with Crippen LogP contribution in [-0.4, -0.2) is 47.4 Å². The highest BCUT2D eigenvalue weighted by atomic mass is 16.5. The van der Waals surface area contributed by atoms with Crippen LogP contribution in [-0.2, 0) is 14.3 Å². The van der Waals surface area contributed by atoms with E-state index < -0.39 is 12.1 Å². The second kappa shape index (κ2) is 60.6. The number of aliphatic hydroxyl groups excluding tert-OH is 2. The minimum Gasteiger partial charge on any atom is -0.466 e. The Morgan fingerprint density at radius 2 is 0.704 bits per heavy atom. The highest BCUT2D eigenvalue weighted by Crippen LogP contribution is 2.17. The van der Waals surface area contributed by atoms with Crippen molar-refractivity contribution in [3.63, 3.8) is 0 Å². The lowest BCUT2D eigenvalue weighted by molar-refractivity contribution is -0.143. The SMILES string of the molecule is CCCCC/C=C\C/C=C\CCCCCCCCCCCC(=O)OCCCCCCCCCCC/C=C\CCCCCCCC(=O)NC(CO)C(O)CCCCCCCCCCCCCCCCCCC. The van der Waals surface area contributed by atoms with Crippen LogP contribution in [0.3, 0.4) is 0 Å². The molecule has 3 N–H and O–H groups in total. The van der Waals surface area contributed by atoms with E-state index in [1.165, 1.54) is 244 Å². The molecule has 6 heteroatoms. The van der Waals surface area contributed by atoms with Gasteiger partial charge in [0.1, 0.15) is 0 Å². The molecule has 418 valence electrons. The molecule has 0 rings (SSSR count). The van der Waals surface area contributed by atoms with Gasteiger partial charge in [0.2, 0.25) is 5.91 Å². The van der Waals surface area contributed by atoms with Crippen LogP contribution in [0.5, 0.6) is 0 Å². The zero-order valence-corrected chi connectivity index (χ0v) is 47.7. The minimum atomic E-state index is -0.674. The number of unbranched alkanes of at least 4 members (excludes halogenated alkanes) is 42. The highest BCUT2D eigenvalue weighted by molar-refractivity contribution is 5.76. The third-order valence-corrected chi connectivity index (χ3v) is 14.7. The number of nitrogens with one attached hydrogen (secondary N) is 1. The molecule has 1 amide bonds. The molecule has 0 spiro atoms. The Balaban J connectivity index is 3.43. The van der Waals surface area contributed by atoms with Gasteiger partial charge in [-0.25, -0.2) is 0 Å². The van der Waals surface area contributed by atoms with Gasteiger partial charge in [-0.15, -0.1) is 0 Å². The van der Waals surface area contributed by atoms with E-state index in [4.69, 9.17) is 4.74 Å². The van der Waals surface area contributed by atoms with Crippen LogP contribution >= 0.6 is 0 Å². The molecule has 2 atom stereocenters. The molecule has 0 aliphatic heterocycles. The fourth-order valence-electron chi connectivity index (χ4n) is 9.78. The lowest BCUT2D eigenvalue weighted by Crippen LogP contribution is -2.45. The quantitative estimate of drug-likeness (QED) is 0.0321. The molecule has 0 aliphatic carbocycles. The molecule has 2 unspecified atom stereocenters. The Morgan fingerprint density at radius 1 is 0.394 bits per heavy atom. The van der Waals surface area contributed by atoms with Gasteiger partial charge in [0, 0.05) is 12.8 Å². The predicted octanol–water partition coefficient (Wildman–Crippen LogP) is 20.0. The van der Waals surface area contributed by atoms with Crippen LogP contribution in [0.4, 0.5) is 0 Å². The van der Waals surface area contributed by atoms with Crippen LogP contribution in [0.15, 0.2) is 36.5 Å². The molecule has 0 aliphatic rings. The molecule has 0 aromatic heterocycles. The topological polar surface area (TPSA) is 95.9 Å². The number of carbonyl (C=O) groups is 2. The first-order valence-electron chi connectivity index (χ1n) is 31.7. The van der Waals surface area contributed by atoms with Crippen molar-refractivity contribution in [3.05, 3.63) is 36.5 Å². The molecular formula is C65H123NO5. The van der Waals surface area contributed by atoms with Gasteiger partial charge in [-0.05, 0) is 83.5 Å². The van der Waals surface area contributed by atoms with Gasteiger partial charge in [0.05, 0.1) is 25.4 Å². The van der Waals surface area contributed by atoms with E-state index in [1.54, 1.807) is 0 Å². The smallest absolute Gasteiger partial charge is 0.305 e. The number of hydrogen-bond acceptors (Lipinski definition) is 5. The minimum absolute atomic E-state index is 0.000443.